The van der Waals surface area contributed by atoms with Gasteiger partial charge in [0.05, 0.1) is 19.3 Å². The maximum absolute atomic E-state index is 13.2. The van der Waals surface area contributed by atoms with Crippen molar-refractivity contribution >= 4 is 46.5 Å². The van der Waals surface area contributed by atoms with E-state index in [4.69, 9.17) is 28.6 Å². The number of aryl methyl sites for hydroxylation is 2. The number of thiocarbonyl (C=S) groups is 1. The van der Waals surface area contributed by atoms with E-state index < -0.39 is 0 Å². The minimum Gasteiger partial charge on any atom is -0.495 e. The van der Waals surface area contributed by atoms with Crippen LogP contribution >= 0.6 is 23.8 Å². The summed E-state index contributed by atoms with van der Waals surface area (Å²) < 4.78 is 18.5. The molecule has 0 aliphatic rings. The van der Waals surface area contributed by atoms with Gasteiger partial charge in [-0.3, -0.25) is 5.32 Å². The van der Waals surface area contributed by atoms with Crippen LogP contribution in [0.25, 0.3) is 0 Å². The Balaban J connectivity index is 1.80. The summed E-state index contributed by atoms with van der Waals surface area (Å²) in [4.78, 5) is 13.3. The van der Waals surface area contributed by atoms with Gasteiger partial charge in [-0.25, -0.2) is 19.4 Å². The number of anilines is 2. The van der Waals surface area contributed by atoms with E-state index in [1.165, 1.54) is 12.1 Å². The molecule has 0 aliphatic heterocycles. The number of nitrogens with zero attached hydrogens (tertiary/aromatic N) is 3. The highest BCUT2D eigenvalue weighted by Crippen LogP contribution is 2.27. The van der Waals surface area contributed by atoms with Gasteiger partial charge in [0.2, 0.25) is 11.9 Å². The quantitative estimate of drug-likeness (QED) is 0.278. The molecule has 2 aromatic carbocycles. The van der Waals surface area contributed by atoms with Crippen molar-refractivity contribution in [3.8, 4) is 5.75 Å². The molecular formula is C22H22ClFN6OS. The van der Waals surface area contributed by atoms with Crippen molar-refractivity contribution in [1.82, 2.24) is 15.3 Å². The molecule has 10 heteroatoms. The molecule has 1 aromatic heterocycles. The molecule has 7 nitrogen and oxygen atoms in total. The van der Waals surface area contributed by atoms with Crippen molar-refractivity contribution in [1.29, 1.82) is 0 Å². The van der Waals surface area contributed by atoms with Gasteiger partial charge in [0.1, 0.15) is 11.6 Å². The third-order valence-electron chi connectivity index (χ3n) is 4.19. The second kappa shape index (κ2) is 10.8. The number of methoxy groups -OCH3 is 1. The molecule has 3 aromatic rings. The third kappa shape index (κ3) is 6.86. The first-order chi connectivity index (χ1) is 15.3. The number of hydrogen-bond donors (Lipinski definition) is 3. The Morgan fingerprint density at radius 2 is 1.75 bits per heavy atom. The molecule has 166 valence electrons. The average Bonchev–Trinajstić information content (AvgIpc) is 2.72. The van der Waals surface area contributed by atoms with E-state index >= 15 is 0 Å². The maximum Gasteiger partial charge on any atom is 0.229 e. The largest absolute Gasteiger partial charge is 0.495 e. The first-order valence-electron chi connectivity index (χ1n) is 9.62. The van der Waals surface area contributed by atoms with E-state index in [0.717, 1.165) is 17.0 Å². The summed E-state index contributed by atoms with van der Waals surface area (Å²) >= 11 is 11.5. The van der Waals surface area contributed by atoms with Crippen molar-refractivity contribution in [2.24, 2.45) is 4.99 Å². The molecule has 32 heavy (non-hydrogen) atoms. The molecule has 0 radical (unpaired) electrons. The molecule has 3 rings (SSSR count). The molecule has 0 spiro atoms. The summed E-state index contributed by atoms with van der Waals surface area (Å²) in [6, 6.07) is 13.1. The lowest BCUT2D eigenvalue weighted by Gasteiger charge is -2.16. The lowest BCUT2D eigenvalue weighted by atomic mass is 10.2. The number of benzene rings is 2. The number of nitrogens with one attached hydrogen (secondary N) is 3. The van der Waals surface area contributed by atoms with Crippen molar-refractivity contribution in [3.63, 3.8) is 0 Å². The topological polar surface area (TPSA) is 83.5 Å². The lowest BCUT2D eigenvalue weighted by Crippen LogP contribution is -2.39. The van der Waals surface area contributed by atoms with Gasteiger partial charge in [0.25, 0.3) is 0 Å². The first-order valence-corrected chi connectivity index (χ1v) is 10.4. The SMILES string of the molecule is COc1ccc(Cl)cc1NC(=S)NC(=NCc1ccc(F)cc1)Nc1nc(C)cc(C)n1. The number of aromatic nitrogens is 2. The van der Waals surface area contributed by atoms with Crippen LogP contribution < -0.4 is 20.7 Å². The zero-order chi connectivity index (χ0) is 23.1. The Bertz CT molecular complexity index is 1120. The number of ether oxygens (including phenoxy) is 1. The van der Waals surface area contributed by atoms with Crippen molar-refractivity contribution < 1.29 is 9.13 Å². The van der Waals surface area contributed by atoms with Gasteiger partial charge < -0.3 is 15.4 Å². The van der Waals surface area contributed by atoms with E-state index in [9.17, 15) is 4.39 Å². The van der Waals surface area contributed by atoms with E-state index in [2.05, 4.69) is 30.9 Å². The van der Waals surface area contributed by atoms with Crippen molar-refractivity contribution in [2.75, 3.05) is 17.7 Å². The van der Waals surface area contributed by atoms with Crippen LogP contribution in [0.2, 0.25) is 5.02 Å². The molecular weight excluding hydrogens is 451 g/mol. The number of guanidine groups is 1. The molecule has 0 aliphatic carbocycles. The van der Waals surface area contributed by atoms with Gasteiger partial charge in [0.15, 0.2) is 5.11 Å². The van der Waals surface area contributed by atoms with E-state index in [1.807, 2.05) is 19.9 Å². The highest BCUT2D eigenvalue weighted by molar-refractivity contribution is 7.80. The highest BCUT2D eigenvalue weighted by atomic mass is 35.5. The van der Waals surface area contributed by atoms with Gasteiger partial charge in [-0.05, 0) is 68.0 Å². The summed E-state index contributed by atoms with van der Waals surface area (Å²) in [6.45, 7) is 4.03. The zero-order valence-corrected chi connectivity index (χ0v) is 19.3. The fourth-order valence-electron chi connectivity index (χ4n) is 2.80. The van der Waals surface area contributed by atoms with Gasteiger partial charge in [-0.1, -0.05) is 23.7 Å². The normalized spacial score (nSPS) is 11.1. The van der Waals surface area contributed by atoms with Crippen LogP contribution in [0.5, 0.6) is 5.75 Å². The number of halogens is 2. The van der Waals surface area contributed by atoms with E-state index in [1.54, 1.807) is 37.4 Å². The van der Waals surface area contributed by atoms with Crippen LogP contribution in [0.4, 0.5) is 16.0 Å². The van der Waals surface area contributed by atoms with E-state index in [0.29, 0.717) is 28.4 Å². The second-order valence-corrected chi connectivity index (χ2v) is 7.66. The van der Waals surface area contributed by atoms with Gasteiger partial charge >= 0.3 is 0 Å². The Kier molecular flexibility index (Phi) is 7.91. The minimum absolute atomic E-state index is 0.250. The minimum atomic E-state index is -0.307. The molecule has 0 saturated carbocycles. The summed E-state index contributed by atoms with van der Waals surface area (Å²) in [6.07, 6.45) is 0. The van der Waals surface area contributed by atoms with Crippen LogP contribution in [0, 0.1) is 19.7 Å². The fraction of sp³-hybridized carbons (Fsp3) is 0.182. The highest BCUT2D eigenvalue weighted by Gasteiger charge is 2.10. The summed E-state index contributed by atoms with van der Waals surface area (Å²) in [5, 5.41) is 9.90. The molecule has 0 fully saturated rings. The lowest BCUT2D eigenvalue weighted by molar-refractivity contribution is 0.417. The van der Waals surface area contributed by atoms with Crippen LogP contribution in [0.1, 0.15) is 17.0 Å². The molecule has 0 unspecified atom stereocenters. The zero-order valence-electron chi connectivity index (χ0n) is 17.7. The number of hydrogen-bond acceptors (Lipinski definition) is 5. The Hall–Kier alpha value is -3.30. The Labute approximate surface area is 196 Å². The monoisotopic (exact) mass is 472 g/mol. The van der Waals surface area contributed by atoms with Crippen molar-refractivity contribution in [3.05, 3.63) is 76.3 Å². The molecule has 0 amide bonds. The van der Waals surface area contributed by atoms with Crippen molar-refractivity contribution in [2.45, 2.75) is 20.4 Å². The third-order valence-corrected chi connectivity index (χ3v) is 4.63. The number of aliphatic imine (C=N–C) groups is 1. The van der Waals surface area contributed by atoms with Crippen LogP contribution in [-0.2, 0) is 6.54 Å². The summed E-state index contributed by atoms with van der Waals surface area (Å²) in [5.74, 6) is 0.960. The maximum atomic E-state index is 13.2. The molecule has 0 atom stereocenters. The number of rotatable bonds is 5. The van der Waals surface area contributed by atoms with Gasteiger partial charge in [-0.2, -0.15) is 0 Å². The van der Waals surface area contributed by atoms with Gasteiger partial charge in [-0.15, -0.1) is 0 Å². The second-order valence-electron chi connectivity index (χ2n) is 6.81. The molecule has 1 heterocycles. The summed E-state index contributed by atoms with van der Waals surface area (Å²) in [7, 11) is 1.55. The predicted octanol–water partition coefficient (Wildman–Crippen LogP) is 4.85. The average molecular weight is 473 g/mol. The van der Waals surface area contributed by atoms with E-state index in [-0.39, 0.29) is 17.5 Å². The van der Waals surface area contributed by atoms with Crippen LogP contribution in [0.15, 0.2) is 53.5 Å². The molecule has 0 saturated heterocycles. The van der Waals surface area contributed by atoms with Gasteiger partial charge in [0, 0.05) is 16.4 Å². The smallest absolute Gasteiger partial charge is 0.229 e. The molecule has 0 bridgehead atoms. The Morgan fingerprint density at radius 3 is 2.41 bits per heavy atom. The summed E-state index contributed by atoms with van der Waals surface area (Å²) in [5.41, 5.74) is 3.03. The predicted molar refractivity (Wildman–Crippen MR) is 130 cm³/mol. The fourth-order valence-corrected chi connectivity index (χ4v) is 3.18. The molecule has 3 N–H and O–H groups in total. The van der Waals surface area contributed by atoms with Crippen LogP contribution in [0.3, 0.4) is 0 Å². The van der Waals surface area contributed by atoms with Crippen LogP contribution in [-0.4, -0.2) is 28.1 Å². The standard InChI is InChI=1S/C22H22ClFN6OS/c1-13-10-14(2)27-21(26-13)29-20(25-12-15-4-7-17(24)8-5-15)30-22(32)28-18-11-16(23)6-9-19(18)31-3/h4-11H,12H2,1-3H3,(H3,25,26,27,28,29,30,32). The Morgan fingerprint density at radius 1 is 1.06 bits per heavy atom. The first kappa shape index (κ1) is 23.4.